The molecule has 0 fully saturated rings. The van der Waals surface area contributed by atoms with E-state index in [9.17, 15) is 14.4 Å². The highest BCUT2D eigenvalue weighted by atomic mass is 79.9. The maximum atomic E-state index is 12.1. The van der Waals surface area contributed by atoms with Gasteiger partial charge in [-0.3, -0.25) is 9.59 Å². The number of nitrogens with one attached hydrogen (secondary N) is 1. The molecule has 1 rings (SSSR count). The van der Waals surface area contributed by atoms with E-state index in [1.54, 1.807) is 6.07 Å². The molecular formula is C14H15BrN2O4. The average Bonchev–Trinajstić information content (AvgIpc) is 2.45. The molecule has 0 aliphatic rings. The van der Waals surface area contributed by atoms with E-state index in [1.807, 2.05) is 0 Å². The zero-order valence-electron chi connectivity index (χ0n) is 11.4. The monoisotopic (exact) mass is 354 g/mol. The lowest BCUT2D eigenvalue weighted by Crippen LogP contribution is -2.44. The molecule has 1 aromatic carbocycles. The van der Waals surface area contributed by atoms with Crippen molar-refractivity contribution >= 4 is 33.7 Å². The Morgan fingerprint density at radius 3 is 2.52 bits per heavy atom. The standard InChI is InChI=1S/C14H15BrN2O4/c1-8(15)6-11(12(16)18)17-13(19)9-4-3-5-10(7-9)14(20)21-2/h3-5,7,11H,1,6H2,2H3,(H2,16,18)(H,17,19)/t11-/m1/s1. The predicted molar refractivity (Wildman–Crippen MR) is 80.9 cm³/mol. The van der Waals surface area contributed by atoms with E-state index in [0.717, 1.165) is 0 Å². The number of halogens is 1. The number of hydrogen-bond donors (Lipinski definition) is 2. The van der Waals surface area contributed by atoms with E-state index in [-0.39, 0.29) is 17.5 Å². The van der Waals surface area contributed by atoms with Crippen molar-refractivity contribution in [2.75, 3.05) is 7.11 Å². The number of carbonyl (C=O) groups excluding carboxylic acids is 3. The number of amides is 2. The maximum Gasteiger partial charge on any atom is 0.337 e. The zero-order valence-corrected chi connectivity index (χ0v) is 13.0. The Morgan fingerprint density at radius 1 is 1.38 bits per heavy atom. The lowest BCUT2D eigenvalue weighted by Gasteiger charge is -2.15. The Hall–Kier alpha value is -2.15. The summed E-state index contributed by atoms with van der Waals surface area (Å²) in [6, 6.07) is 5.08. The molecule has 7 heteroatoms. The minimum Gasteiger partial charge on any atom is -0.465 e. The molecule has 0 radical (unpaired) electrons. The van der Waals surface area contributed by atoms with Crippen LogP contribution in [0.3, 0.4) is 0 Å². The van der Waals surface area contributed by atoms with Gasteiger partial charge in [-0.15, -0.1) is 0 Å². The molecule has 0 unspecified atom stereocenters. The van der Waals surface area contributed by atoms with Crippen molar-refractivity contribution < 1.29 is 19.1 Å². The molecule has 0 saturated carbocycles. The van der Waals surface area contributed by atoms with Crippen LogP contribution in [-0.4, -0.2) is 30.9 Å². The molecule has 0 aliphatic heterocycles. The smallest absolute Gasteiger partial charge is 0.337 e. The number of carbonyl (C=O) groups is 3. The van der Waals surface area contributed by atoms with Gasteiger partial charge in [0.15, 0.2) is 0 Å². The molecule has 21 heavy (non-hydrogen) atoms. The number of nitrogens with two attached hydrogens (primary N) is 1. The molecule has 0 heterocycles. The molecule has 3 N–H and O–H groups in total. The van der Waals surface area contributed by atoms with E-state index in [1.165, 1.54) is 25.3 Å². The third-order valence-electron chi connectivity index (χ3n) is 2.62. The Balaban J connectivity index is 2.90. The number of ether oxygens (including phenoxy) is 1. The summed E-state index contributed by atoms with van der Waals surface area (Å²) in [4.78, 5) is 34.8. The van der Waals surface area contributed by atoms with E-state index < -0.39 is 23.8 Å². The van der Waals surface area contributed by atoms with Crippen LogP contribution in [0.15, 0.2) is 35.3 Å². The second-order valence-corrected chi connectivity index (χ2v) is 5.34. The molecular weight excluding hydrogens is 340 g/mol. The zero-order chi connectivity index (χ0) is 16.0. The van der Waals surface area contributed by atoms with Gasteiger partial charge in [-0.25, -0.2) is 4.79 Å². The highest BCUT2D eigenvalue weighted by Crippen LogP contribution is 2.11. The summed E-state index contributed by atoms with van der Waals surface area (Å²) in [5.74, 6) is -1.74. The van der Waals surface area contributed by atoms with Crippen LogP contribution >= 0.6 is 15.9 Å². The van der Waals surface area contributed by atoms with Gasteiger partial charge in [-0.2, -0.15) is 0 Å². The highest BCUT2D eigenvalue weighted by Gasteiger charge is 2.20. The fraction of sp³-hybridized carbons (Fsp3) is 0.214. The van der Waals surface area contributed by atoms with Crippen LogP contribution in [0.5, 0.6) is 0 Å². The van der Waals surface area contributed by atoms with Crippen LogP contribution in [0.1, 0.15) is 27.1 Å². The van der Waals surface area contributed by atoms with Crippen LogP contribution in [-0.2, 0) is 9.53 Å². The molecule has 1 aromatic rings. The van der Waals surface area contributed by atoms with Crippen LogP contribution in [0.2, 0.25) is 0 Å². The minimum absolute atomic E-state index is 0.178. The van der Waals surface area contributed by atoms with Crippen molar-refractivity contribution in [1.82, 2.24) is 5.32 Å². The van der Waals surface area contributed by atoms with Crippen molar-refractivity contribution in [3.63, 3.8) is 0 Å². The first-order chi connectivity index (χ1) is 9.85. The number of esters is 1. The fourth-order valence-electron chi connectivity index (χ4n) is 1.59. The second-order valence-electron chi connectivity index (χ2n) is 4.22. The van der Waals surface area contributed by atoms with Gasteiger partial charge in [-0.1, -0.05) is 28.6 Å². The normalized spacial score (nSPS) is 11.3. The molecule has 0 aromatic heterocycles. The van der Waals surface area contributed by atoms with Crippen LogP contribution in [0, 0.1) is 0 Å². The quantitative estimate of drug-likeness (QED) is 0.753. The first-order valence-corrected chi connectivity index (χ1v) is 6.76. The van der Waals surface area contributed by atoms with Gasteiger partial charge in [0.2, 0.25) is 5.91 Å². The third-order valence-corrected chi connectivity index (χ3v) is 2.94. The van der Waals surface area contributed by atoms with E-state index in [4.69, 9.17) is 5.73 Å². The Labute approximate surface area is 130 Å². The maximum absolute atomic E-state index is 12.1. The molecule has 112 valence electrons. The summed E-state index contributed by atoms with van der Waals surface area (Å²) < 4.78 is 5.12. The highest BCUT2D eigenvalue weighted by molar-refractivity contribution is 9.11. The average molecular weight is 355 g/mol. The lowest BCUT2D eigenvalue weighted by molar-refractivity contribution is -0.119. The Morgan fingerprint density at radius 2 is 2.00 bits per heavy atom. The Bertz CT molecular complexity index is 586. The second kappa shape index (κ2) is 7.58. The summed E-state index contributed by atoms with van der Waals surface area (Å²) in [5.41, 5.74) is 5.69. The number of hydrogen-bond acceptors (Lipinski definition) is 4. The molecule has 1 atom stereocenters. The van der Waals surface area contributed by atoms with Crippen molar-refractivity contribution in [2.24, 2.45) is 5.73 Å². The van der Waals surface area contributed by atoms with Gasteiger partial charge in [0.25, 0.3) is 5.91 Å². The van der Waals surface area contributed by atoms with Crippen molar-refractivity contribution in [3.05, 3.63) is 46.5 Å². The van der Waals surface area contributed by atoms with Gasteiger partial charge >= 0.3 is 5.97 Å². The van der Waals surface area contributed by atoms with E-state index in [2.05, 4.69) is 32.6 Å². The summed E-state index contributed by atoms with van der Waals surface area (Å²) in [6.45, 7) is 3.60. The molecule has 0 spiro atoms. The van der Waals surface area contributed by atoms with Crippen LogP contribution < -0.4 is 11.1 Å². The van der Waals surface area contributed by atoms with Gasteiger partial charge in [0.1, 0.15) is 6.04 Å². The van der Waals surface area contributed by atoms with Crippen molar-refractivity contribution in [3.8, 4) is 0 Å². The molecule has 0 bridgehead atoms. The fourth-order valence-corrected chi connectivity index (χ4v) is 1.91. The molecule has 6 nitrogen and oxygen atoms in total. The first-order valence-electron chi connectivity index (χ1n) is 5.97. The molecule has 2 amide bonds. The van der Waals surface area contributed by atoms with Gasteiger partial charge in [0, 0.05) is 12.0 Å². The number of rotatable bonds is 6. The van der Waals surface area contributed by atoms with Gasteiger partial charge in [0.05, 0.1) is 12.7 Å². The third kappa shape index (κ3) is 5.03. The van der Waals surface area contributed by atoms with Crippen molar-refractivity contribution in [1.29, 1.82) is 0 Å². The van der Waals surface area contributed by atoms with Crippen molar-refractivity contribution in [2.45, 2.75) is 12.5 Å². The topological polar surface area (TPSA) is 98.5 Å². The van der Waals surface area contributed by atoms with Crippen LogP contribution in [0.25, 0.3) is 0 Å². The Kier molecular flexibility index (Phi) is 6.10. The summed E-state index contributed by atoms with van der Waals surface area (Å²) in [7, 11) is 1.25. The first kappa shape index (κ1) is 16.9. The summed E-state index contributed by atoms with van der Waals surface area (Å²) >= 11 is 3.11. The molecule has 0 saturated heterocycles. The number of methoxy groups -OCH3 is 1. The lowest BCUT2D eigenvalue weighted by atomic mass is 10.1. The summed E-state index contributed by atoms with van der Waals surface area (Å²) in [5, 5.41) is 2.49. The summed E-state index contributed by atoms with van der Waals surface area (Å²) in [6.07, 6.45) is 0.178. The van der Waals surface area contributed by atoms with Crippen LogP contribution in [0.4, 0.5) is 0 Å². The largest absolute Gasteiger partial charge is 0.465 e. The van der Waals surface area contributed by atoms with Gasteiger partial charge in [-0.05, 0) is 22.7 Å². The van der Waals surface area contributed by atoms with Gasteiger partial charge < -0.3 is 15.8 Å². The number of primary amides is 1. The van der Waals surface area contributed by atoms with E-state index in [0.29, 0.717) is 4.48 Å². The number of benzene rings is 1. The minimum atomic E-state index is -0.883. The predicted octanol–water partition coefficient (Wildman–Crippen LogP) is 1.36. The molecule has 0 aliphatic carbocycles. The SMILES string of the molecule is C=C(Br)C[C@@H](NC(=O)c1cccc(C(=O)OC)c1)C(N)=O. The van der Waals surface area contributed by atoms with E-state index >= 15 is 0 Å².